The van der Waals surface area contributed by atoms with Gasteiger partial charge >= 0.3 is 0 Å². The Morgan fingerprint density at radius 1 is 0.971 bits per heavy atom. The van der Waals surface area contributed by atoms with E-state index in [2.05, 4.69) is 5.32 Å². The molecule has 2 aromatic carbocycles. The first-order valence-corrected chi connectivity index (χ1v) is 14.1. The summed E-state index contributed by atoms with van der Waals surface area (Å²) in [6, 6.07) is 13.4. The SMILES string of the molecule is CCc1ccccc1N(CC(=O)N(Cc1ccccc1Cl)[C@H](CC)C(=O)N[C@H](C)CC)S(C)(=O)=O. The highest BCUT2D eigenvalue weighted by Crippen LogP contribution is 2.25. The highest BCUT2D eigenvalue weighted by molar-refractivity contribution is 7.92. The first kappa shape index (κ1) is 28.7. The minimum Gasteiger partial charge on any atom is -0.352 e. The summed E-state index contributed by atoms with van der Waals surface area (Å²) in [5.41, 5.74) is 1.95. The number of benzene rings is 2. The Hall–Kier alpha value is -2.58. The molecule has 0 aliphatic heterocycles. The lowest BCUT2D eigenvalue weighted by atomic mass is 10.1. The molecule has 0 bridgehead atoms. The zero-order valence-corrected chi connectivity index (χ0v) is 22.7. The number of carbonyl (C=O) groups excluding carboxylic acids is 2. The molecule has 0 aliphatic rings. The second-order valence-corrected chi connectivity index (χ2v) is 10.9. The fourth-order valence-electron chi connectivity index (χ4n) is 3.82. The Morgan fingerprint density at radius 2 is 1.57 bits per heavy atom. The molecule has 0 unspecified atom stereocenters. The lowest BCUT2D eigenvalue weighted by molar-refractivity contribution is -0.140. The lowest BCUT2D eigenvalue weighted by Gasteiger charge is -2.34. The van der Waals surface area contributed by atoms with Crippen molar-refractivity contribution in [1.29, 1.82) is 0 Å². The van der Waals surface area contributed by atoms with E-state index in [1.54, 1.807) is 30.3 Å². The molecule has 0 saturated carbocycles. The van der Waals surface area contributed by atoms with Crippen LogP contribution in [0.1, 0.15) is 51.7 Å². The number of amides is 2. The summed E-state index contributed by atoms with van der Waals surface area (Å²) in [5.74, 6) is -0.755. The number of aryl methyl sites for hydroxylation is 1. The molecule has 0 fully saturated rings. The average molecular weight is 522 g/mol. The van der Waals surface area contributed by atoms with Crippen molar-refractivity contribution in [3.63, 3.8) is 0 Å². The molecule has 2 rings (SSSR count). The van der Waals surface area contributed by atoms with Crippen molar-refractivity contribution in [2.75, 3.05) is 17.1 Å². The van der Waals surface area contributed by atoms with E-state index in [4.69, 9.17) is 11.6 Å². The molecular weight excluding hydrogens is 486 g/mol. The van der Waals surface area contributed by atoms with E-state index in [1.807, 2.05) is 45.9 Å². The number of para-hydroxylation sites is 1. The van der Waals surface area contributed by atoms with E-state index in [0.29, 0.717) is 29.1 Å². The first-order chi connectivity index (χ1) is 16.5. The van der Waals surface area contributed by atoms with Crippen LogP contribution in [0.2, 0.25) is 5.02 Å². The highest BCUT2D eigenvalue weighted by Gasteiger charge is 2.32. The van der Waals surface area contributed by atoms with E-state index in [-0.39, 0.29) is 18.5 Å². The number of rotatable bonds is 12. The molecule has 0 aromatic heterocycles. The Balaban J connectivity index is 2.49. The Morgan fingerprint density at radius 3 is 2.11 bits per heavy atom. The molecule has 2 aromatic rings. The number of anilines is 1. The van der Waals surface area contributed by atoms with Crippen LogP contribution in [0.4, 0.5) is 5.69 Å². The van der Waals surface area contributed by atoms with Crippen molar-refractivity contribution in [1.82, 2.24) is 10.2 Å². The monoisotopic (exact) mass is 521 g/mol. The fraction of sp³-hybridized carbons (Fsp3) is 0.462. The van der Waals surface area contributed by atoms with Crippen molar-refractivity contribution >= 4 is 39.1 Å². The summed E-state index contributed by atoms with van der Waals surface area (Å²) in [5, 5.41) is 3.42. The number of carbonyl (C=O) groups is 2. The maximum atomic E-state index is 13.7. The van der Waals surface area contributed by atoms with E-state index < -0.39 is 28.5 Å². The van der Waals surface area contributed by atoms with Gasteiger partial charge in [0.15, 0.2) is 0 Å². The van der Waals surface area contributed by atoms with Gasteiger partial charge in [0.1, 0.15) is 12.6 Å². The molecular formula is C26H36ClN3O4S. The van der Waals surface area contributed by atoms with Crippen LogP contribution in [0.15, 0.2) is 48.5 Å². The summed E-state index contributed by atoms with van der Waals surface area (Å²) in [7, 11) is -3.78. The zero-order valence-electron chi connectivity index (χ0n) is 21.1. The molecule has 7 nitrogen and oxygen atoms in total. The summed E-state index contributed by atoms with van der Waals surface area (Å²) in [4.78, 5) is 28.3. The number of nitrogens with zero attached hydrogens (tertiary/aromatic N) is 2. The van der Waals surface area contributed by atoms with Gasteiger partial charge in [-0.2, -0.15) is 0 Å². The Kier molecular flexibility index (Phi) is 10.6. The third kappa shape index (κ3) is 7.70. The molecule has 0 heterocycles. The fourth-order valence-corrected chi connectivity index (χ4v) is 4.89. The second kappa shape index (κ2) is 12.9. The quantitative estimate of drug-likeness (QED) is 0.448. The normalized spacial score (nSPS) is 13.1. The van der Waals surface area contributed by atoms with Crippen LogP contribution >= 0.6 is 11.6 Å². The topological polar surface area (TPSA) is 86.8 Å². The summed E-state index contributed by atoms with van der Waals surface area (Å²) >= 11 is 6.38. The zero-order chi connectivity index (χ0) is 26.2. The van der Waals surface area contributed by atoms with Crippen LogP contribution in [-0.2, 0) is 32.6 Å². The van der Waals surface area contributed by atoms with Gasteiger partial charge in [-0.25, -0.2) is 8.42 Å². The van der Waals surface area contributed by atoms with Gasteiger partial charge in [-0.3, -0.25) is 13.9 Å². The highest BCUT2D eigenvalue weighted by atomic mass is 35.5. The van der Waals surface area contributed by atoms with Crippen LogP contribution in [0.3, 0.4) is 0 Å². The van der Waals surface area contributed by atoms with Crippen LogP contribution in [-0.4, -0.2) is 50.0 Å². The van der Waals surface area contributed by atoms with Gasteiger partial charge in [-0.15, -0.1) is 0 Å². The molecule has 0 saturated heterocycles. The van der Waals surface area contributed by atoms with Crippen molar-refractivity contribution in [3.8, 4) is 0 Å². The standard InChI is InChI=1S/C26H36ClN3O4S/c1-6-19(4)28-26(32)23(8-3)29(17-21-14-9-11-15-22(21)27)25(31)18-30(35(5,33)34)24-16-12-10-13-20(24)7-2/h9-16,19,23H,6-8,17-18H2,1-5H3,(H,28,32)/t19-,23-/m1/s1. The Bertz CT molecular complexity index is 1120. The summed E-state index contributed by atoms with van der Waals surface area (Å²) in [6.45, 7) is 7.28. The minimum absolute atomic E-state index is 0.0576. The van der Waals surface area contributed by atoms with Crippen LogP contribution < -0.4 is 9.62 Å². The molecule has 0 aliphatic carbocycles. The molecule has 2 atom stereocenters. The predicted octanol–water partition coefficient (Wildman–Crippen LogP) is 4.39. The third-order valence-electron chi connectivity index (χ3n) is 6.01. The number of hydrogen-bond donors (Lipinski definition) is 1. The maximum absolute atomic E-state index is 13.7. The van der Waals surface area contributed by atoms with Crippen LogP contribution in [0, 0.1) is 0 Å². The summed E-state index contributed by atoms with van der Waals surface area (Å²) < 4.78 is 26.7. The van der Waals surface area contributed by atoms with Crippen molar-refractivity contribution < 1.29 is 18.0 Å². The van der Waals surface area contributed by atoms with Gasteiger partial charge < -0.3 is 10.2 Å². The van der Waals surface area contributed by atoms with Gasteiger partial charge in [-0.1, -0.05) is 68.8 Å². The largest absolute Gasteiger partial charge is 0.352 e. The van der Waals surface area contributed by atoms with Gasteiger partial charge in [0.25, 0.3) is 0 Å². The number of nitrogens with one attached hydrogen (secondary N) is 1. The lowest BCUT2D eigenvalue weighted by Crippen LogP contribution is -2.53. The van der Waals surface area contributed by atoms with E-state index in [9.17, 15) is 18.0 Å². The third-order valence-corrected chi connectivity index (χ3v) is 7.50. The molecule has 1 N–H and O–H groups in total. The van der Waals surface area contributed by atoms with Gasteiger partial charge in [0.2, 0.25) is 21.8 Å². The number of hydrogen-bond acceptors (Lipinski definition) is 4. The van der Waals surface area contributed by atoms with Crippen molar-refractivity contribution in [2.24, 2.45) is 0 Å². The number of sulfonamides is 1. The molecule has 9 heteroatoms. The summed E-state index contributed by atoms with van der Waals surface area (Å²) in [6.07, 6.45) is 2.80. The maximum Gasteiger partial charge on any atom is 0.244 e. The first-order valence-electron chi connectivity index (χ1n) is 11.9. The smallest absolute Gasteiger partial charge is 0.244 e. The van der Waals surface area contributed by atoms with Gasteiger partial charge in [0.05, 0.1) is 11.9 Å². The second-order valence-electron chi connectivity index (χ2n) is 8.61. The predicted molar refractivity (Wildman–Crippen MR) is 142 cm³/mol. The average Bonchev–Trinajstić information content (AvgIpc) is 2.82. The van der Waals surface area contributed by atoms with Crippen molar-refractivity contribution in [3.05, 3.63) is 64.7 Å². The van der Waals surface area contributed by atoms with Gasteiger partial charge in [-0.05, 0) is 49.4 Å². The Labute approximate surface area is 214 Å². The van der Waals surface area contributed by atoms with E-state index in [1.165, 1.54) is 4.90 Å². The van der Waals surface area contributed by atoms with E-state index in [0.717, 1.165) is 22.5 Å². The van der Waals surface area contributed by atoms with E-state index >= 15 is 0 Å². The van der Waals surface area contributed by atoms with Crippen LogP contribution in [0.25, 0.3) is 0 Å². The molecule has 2 amide bonds. The molecule has 0 spiro atoms. The molecule has 192 valence electrons. The molecule has 35 heavy (non-hydrogen) atoms. The van der Waals surface area contributed by atoms with Gasteiger partial charge in [0, 0.05) is 17.6 Å². The minimum atomic E-state index is -3.78. The van der Waals surface area contributed by atoms with Crippen molar-refractivity contribution in [2.45, 2.75) is 65.6 Å². The molecule has 0 radical (unpaired) electrons. The number of halogens is 1. The van der Waals surface area contributed by atoms with Crippen LogP contribution in [0.5, 0.6) is 0 Å².